The van der Waals surface area contributed by atoms with Crippen LogP contribution in [0.4, 0.5) is 0 Å². The van der Waals surface area contributed by atoms with Gasteiger partial charge < -0.3 is 10.2 Å². The van der Waals surface area contributed by atoms with Crippen LogP contribution in [0.25, 0.3) is 0 Å². The number of nitrogens with two attached hydrogens (primary N) is 2. The molecule has 2 rings (SSSR count). The third-order valence-corrected chi connectivity index (χ3v) is 5.19. The van der Waals surface area contributed by atoms with Gasteiger partial charge in [0.1, 0.15) is 0 Å². The summed E-state index contributed by atoms with van der Waals surface area (Å²) in [4.78, 5) is 0. The zero-order valence-electron chi connectivity index (χ0n) is 14.6. The minimum atomic E-state index is -4.67. The molecule has 0 fully saturated rings. The lowest BCUT2D eigenvalue weighted by Gasteiger charge is -2.27. The van der Waals surface area contributed by atoms with Gasteiger partial charge in [-0.2, -0.15) is 8.42 Å². The number of benzene rings is 2. The minimum absolute atomic E-state index is 0.267. The Morgan fingerprint density at radius 1 is 0.679 bits per heavy atom. The molecule has 12 heteroatoms. The molecule has 2 aromatic rings. The molecule has 0 saturated heterocycles. The van der Waals surface area contributed by atoms with Gasteiger partial charge in [0.15, 0.2) is 21.3 Å². The molecular formula is C16H22N2O8S2. The topological polar surface area (TPSA) is 201 Å². The van der Waals surface area contributed by atoms with Crippen LogP contribution in [-0.4, -0.2) is 47.7 Å². The van der Waals surface area contributed by atoms with Gasteiger partial charge in [-0.1, -0.05) is 60.7 Å². The number of hydrogen-bond acceptors (Lipinski definition) is 8. The average Bonchev–Trinajstić information content (AvgIpc) is 2.53. The van der Waals surface area contributed by atoms with E-state index < -0.39 is 43.2 Å². The second-order valence-corrected chi connectivity index (χ2v) is 9.02. The van der Waals surface area contributed by atoms with Crippen molar-refractivity contribution in [2.45, 2.75) is 11.4 Å². The van der Waals surface area contributed by atoms with Crippen LogP contribution in [-0.2, 0) is 31.7 Å². The summed E-state index contributed by atoms with van der Waals surface area (Å²) in [6.45, 7) is 0. The Labute approximate surface area is 162 Å². The Hall–Kier alpha value is -1.90. The second kappa shape index (κ2) is 9.07. The highest BCUT2D eigenvalue weighted by Gasteiger charge is 2.36. The van der Waals surface area contributed by atoms with E-state index in [1.807, 2.05) is 0 Å². The fourth-order valence-corrected chi connectivity index (χ4v) is 4.12. The summed E-state index contributed by atoms with van der Waals surface area (Å²) in [5.74, 6) is -1.51. The van der Waals surface area contributed by atoms with Gasteiger partial charge in [-0.25, -0.2) is 8.42 Å². The molecule has 0 aliphatic rings. The molecule has 0 saturated carbocycles. The minimum Gasteiger partial charge on any atom is -0.371 e. The summed E-state index contributed by atoms with van der Waals surface area (Å²) >= 11 is 0. The first kappa shape index (κ1) is 24.1. The van der Waals surface area contributed by atoms with Gasteiger partial charge in [-0.15, -0.1) is 0 Å². The zero-order valence-corrected chi connectivity index (χ0v) is 16.2. The van der Waals surface area contributed by atoms with E-state index in [1.165, 1.54) is 24.3 Å². The maximum absolute atomic E-state index is 12.3. The molecule has 8 N–H and O–H groups in total. The predicted octanol–water partition coefficient (Wildman–Crippen LogP) is -0.644. The van der Waals surface area contributed by atoms with Crippen LogP contribution in [0.15, 0.2) is 60.7 Å². The monoisotopic (exact) mass is 434 g/mol. The van der Waals surface area contributed by atoms with Crippen molar-refractivity contribution in [3.05, 3.63) is 71.8 Å². The van der Waals surface area contributed by atoms with Crippen molar-refractivity contribution in [2.24, 2.45) is 11.5 Å². The van der Waals surface area contributed by atoms with Crippen LogP contribution in [0.5, 0.6) is 0 Å². The highest BCUT2D eigenvalue weighted by molar-refractivity contribution is 7.91. The summed E-state index contributed by atoms with van der Waals surface area (Å²) < 4.78 is 56.2. The van der Waals surface area contributed by atoms with Gasteiger partial charge in [0.05, 0.1) is 11.5 Å². The van der Waals surface area contributed by atoms with E-state index in [0.29, 0.717) is 0 Å². The second-order valence-electron chi connectivity index (χ2n) is 6.06. The van der Waals surface area contributed by atoms with Crippen molar-refractivity contribution < 1.29 is 36.2 Å². The van der Waals surface area contributed by atoms with Crippen molar-refractivity contribution in [2.75, 3.05) is 11.5 Å². The quantitative estimate of drug-likeness (QED) is 0.251. The van der Waals surface area contributed by atoms with E-state index in [9.17, 15) is 18.6 Å². The predicted molar refractivity (Wildman–Crippen MR) is 102 cm³/mol. The first-order valence-electron chi connectivity index (χ1n) is 7.66. The van der Waals surface area contributed by atoms with Gasteiger partial charge in [0.25, 0.3) is 0 Å². The van der Waals surface area contributed by atoms with Crippen LogP contribution in [0.3, 0.4) is 0 Å². The van der Waals surface area contributed by atoms with Gasteiger partial charge in [-0.3, -0.25) is 20.6 Å². The van der Waals surface area contributed by atoms with Crippen molar-refractivity contribution in [1.29, 1.82) is 0 Å². The normalized spacial score (nSPS) is 16.2. The number of hydrogen-bond donors (Lipinski definition) is 6. The van der Waals surface area contributed by atoms with Crippen molar-refractivity contribution in [1.82, 2.24) is 0 Å². The van der Waals surface area contributed by atoms with E-state index in [2.05, 4.69) is 0 Å². The molecule has 0 aliphatic carbocycles. The maximum atomic E-state index is 12.3. The molecule has 0 radical (unpaired) electrons. The van der Waals surface area contributed by atoms with E-state index in [-0.39, 0.29) is 11.1 Å². The van der Waals surface area contributed by atoms with Crippen molar-refractivity contribution in [3.8, 4) is 0 Å². The zero-order chi connectivity index (χ0) is 21.6. The van der Waals surface area contributed by atoms with Crippen LogP contribution >= 0.6 is 0 Å². The lowest BCUT2D eigenvalue weighted by molar-refractivity contribution is 0.0607. The Balaban J connectivity index is 0.000000696. The van der Waals surface area contributed by atoms with Gasteiger partial charge in [0, 0.05) is 0 Å². The lowest BCUT2D eigenvalue weighted by atomic mass is 10.1. The largest absolute Gasteiger partial charge is 0.394 e. The first-order chi connectivity index (χ1) is 12.6. The average molecular weight is 434 g/mol. The first-order valence-corrected chi connectivity index (χ1v) is 10.9. The Bertz CT molecular complexity index is 893. The molecule has 0 spiro atoms. The molecule has 2 unspecified atom stereocenters. The summed E-state index contributed by atoms with van der Waals surface area (Å²) in [5, 5.41) is 20.5. The SMILES string of the molecule is NC(O)(CS(=O)(=O)CC(N)(O)c1ccccc1)c1ccccc1.O=S(=O)(O)O. The van der Waals surface area contributed by atoms with Gasteiger partial charge >= 0.3 is 10.4 Å². The van der Waals surface area contributed by atoms with Crippen molar-refractivity contribution in [3.63, 3.8) is 0 Å². The number of sulfone groups is 1. The van der Waals surface area contributed by atoms with E-state index >= 15 is 0 Å². The van der Waals surface area contributed by atoms with Crippen molar-refractivity contribution >= 4 is 20.2 Å². The summed E-state index contributed by atoms with van der Waals surface area (Å²) in [6, 6.07) is 16.1. The Kier molecular flexibility index (Phi) is 7.82. The lowest BCUT2D eigenvalue weighted by Crippen LogP contribution is -2.49. The molecule has 0 bridgehead atoms. The smallest absolute Gasteiger partial charge is 0.371 e. The number of aliphatic hydroxyl groups is 2. The maximum Gasteiger partial charge on any atom is 0.394 e. The third-order valence-electron chi connectivity index (χ3n) is 3.43. The Morgan fingerprint density at radius 2 is 0.929 bits per heavy atom. The molecule has 0 aromatic heterocycles. The molecule has 2 aromatic carbocycles. The van der Waals surface area contributed by atoms with E-state index in [1.54, 1.807) is 36.4 Å². The summed E-state index contributed by atoms with van der Waals surface area (Å²) in [7, 11) is -8.61. The summed E-state index contributed by atoms with van der Waals surface area (Å²) in [5.41, 5.74) is 7.88. The number of rotatable bonds is 6. The molecule has 0 heterocycles. The highest BCUT2D eigenvalue weighted by Crippen LogP contribution is 2.22. The molecule has 10 nitrogen and oxygen atoms in total. The van der Waals surface area contributed by atoms with Crippen LogP contribution < -0.4 is 11.5 Å². The van der Waals surface area contributed by atoms with E-state index in [4.69, 9.17) is 29.0 Å². The van der Waals surface area contributed by atoms with E-state index in [0.717, 1.165) is 0 Å². The van der Waals surface area contributed by atoms with Crippen LogP contribution in [0, 0.1) is 0 Å². The third kappa shape index (κ3) is 8.86. The molecule has 2 atom stereocenters. The standard InChI is InChI=1S/C16H20N2O4S.H2O4S/c17-15(19,13-7-3-1-4-8-13)11-23(21,22)12-16(18,20)14-9-5-2-6-10-14;1-5(2,3)4/h1-10,19-20H,11-12,17-18H2;(H2,1,2,3,4). The Morgan fingerprint density at radius 3 is 1.18 bits per heavy atom. The molecule has 28 heavy (non-hydrogen) atoms. The molecule has 0 aliphatic heterocycles. The highest BCUT2D eigenvalue weighted by atomic mass is 32.3. The molecule has 0 amide bonds. The fourth-order valence-electron chi connectivity index (χ4n) is 2.34. The fraction of sp³-hybridized carbons (Fsp3) is 0.250. The van der Waals surface area contributed by atoms with Crippen LogP contribution in [0.2, 0.25) is 0 Å². The molecular weight excluding hydrogens is 412 g/mol. The van der Waals surface area contributed by atoms with Gasteiger partial charge in [-0.05, 0) is 11.1 Å². The molecule has 156 valence electrons. The summed E-state index contributed by atoms with van der Waals surface area (Å²) in [6.07, 6.45) is 0. The van der Waals surface area contributed by atoms with Gasteiger partial charge in [0.2, 0.25) is 0 Å². The van der Waals surface area contributed by atoms with Crippen LogP contribution in [0.1, 0.15) is 11.1 Å².